The van der Waals surface area contributed by atoms with E-state index < -0.39 is 0 Å². The van der Waals surface area contributed by atoms with Crippen molar-refractivity contribution in [2.75, 3.05) is 30.5 Å². The Labute approximate surface area is 152 Å². The van der Waals surface area contributed by atoms with Gasteiger partial charge in [0.2, 0.25) is 5.91 Å². The molecule has 1 aliphatic rings. The van der Waals surface area contributed by atoms with Crippen molar-refractivity contribution < 1.29 is 14.3 Å². The number of amides is 2. The molecule has 0 aliphatic carbocycles. The molecule has 0 saturated heterocycles. The van der Waals surface area contributed by atoms with Crippen molar-refractivity contribution in [2.45, 2.75) is 12.8 Å². The van der Waals surface area contributed by atoms with Gasteiger partial charge in [-0.05, 0) is 48.4 Å². The van der Waals surface area contributed by atoms with Gasteiger partial charge in [0.15, 0.2) is 0 Å². The molecule has 0 bridgehead atoms. The van der Waals surface area contributed by atoms with E-state index in [2.05, 4.69) is 5.32 Å². The first-order chi connectivity index (χ1) is 12.6. The van der Waals surface area contributed by atoms with Crippen LogP contribution in [0.25, 0.3) is 0 Å². The maximum absolute atomic E-state index is 12.4. The Bertz CT molecular complexity index is 886. The molecule has 0 saturated carbocycles. The molecule has 0 aromatic heterocycles. The lowest BCUT2D eigenvalue weighted by Crippen LogP contribution is -2.37. The van der Waals surface area contributed by atoms with Gasteiger partial charge in [-0.1, -0.05) is 6.07 Å². The number of nitriles is 1. The first-order valence-electron chi connectivity index (χ1n) is 8.36. The molecule has 0 fully saturated rings. The van der Waals surface area contributed by atoms with Gasteiger partial charge >= 0.3 is 0 Å². The van der Waals surface area contributed by atoms with E-state index in [0.717, 1.165) is 11.3 Å². The van der Waals surface area contributed by atoms with Crippen LogP contribution in [0.3, 0.4) is 0 Å². The van der Waals surface area contributed by atoms with Gasteiger partial charge in [0, 0.05) is 37.0 Å². The zero-order chi connectivity index (χ0) is 18.5. The summed E-state index contributed by atoms with van der Waals surface area (Å²) in [5.41, 5.74) is 3.42. The molecule has 1 heterocycles. The second kappa shape index (κ2) is 7.81. The lowest BCUT2D eigenvalue weighted by atomic mass is 10.00. The molecule has 2 amide bonds. The summed E-state index contributed by atoms with van der Waals surface area (Å²) in [4.78, 5) is 26.3. The van der Waals surface area contributed by atoms with Crippen molar-refractivity contribution in [1.29, 1.82) is 5.26 Å². The number of carbonyl (C=O) groups is 2. The van der Waals surface area contributed by atoms with E-state index in [1.165, 1.54) is 0 Å². The fourth-order valence-electron chi connectivity index (χ4n) is 3.00. The molecular formula is C20H19N3O3. The Morgan fingerprint density at radius 2 is 2.12 bits per heavy atom. The molecule has 2 aromatic carbocycles. The summed E-state index contributed by atoms with van der Waals surface area (Å²) in [5, 5.41) is 11.8. The fraction of sp³-hybridized carbons (Fsp3) is 0.250. The van der Waals surface area contributed by atoms with Gasteiger partial charge in [-0.2, -0.15) is 5.26 Å². The molecule has 3 rings (SSSR count). The number of benzene rings is 2. The van der Waals surface area contributed by atoms with Crippen molar-refractivity contribution in [2.24, 2.45) is 0 Å². The number of carbonyl (C=O) groups excluding carboxylic acids is 2. The van der Waals surface area contributed by atoms with Gasteiger partial charge in [0.25, 0.3) is 5.91 Å². The predicted molar refractivity (Wildman–Crippen MR) is 98.1 cm³/mol. The van der Waals surface area contributed by atoms with Crippen molar-refractivity contribution in [3.05, 3.63) is 59.2 Å². The summed E-state index contributed by atoms with van der Waals surface area (Å²) < 4.78 is 5.08. The van der Waals surface area contributed by atoms with Crippen LogP contribution in [0.2, 0.25) is 0 Å². The molecule has 1 aliphatic heterocycles. The molecule has 0 atom stereocenters. The number of rotatable bonds is 5. The largest absolute Gasteiger partial charge is 0.383 e. The summed E-state index contributed by atoms with van der Waals surface area (Å²) in [6, 6.07) is 14.1. The zero-order valence-electron chi connectivity index (χ0n) is 14.5. The van der Waals surface area contributed by atoms with Crippen LogP contribution in [0, 0.1) is 11.3 Å². The number of hydrogen-bond acceptors (Lipinski definition) is 4. The van der Waals surface area contributed by atoms with E-state index in [1.54, 1.807) is 42.3 Å². The molecule has 26 heavy (non-hydrogen) atoms. The van der Waals surface area contributed by atoms with E-state index >= 15 is 0 Å². The topological polar surface area (TPSA) is 82.4 Å². The van der Waals surface area contributed by atoms with Crippen LogP contribution >= 0.6 is 0 Å². The number of methoxy groups -OCH3 is 1. The summed E-state index contributed by atoms with van der Waals surface area (Å²) in [6.45, 7) is 0.980. The molecule has 6 heteroatoms. The Morgan fingerprint density at radius 1 is 1.27 bits per heavy atom. The van der Waals surface area contributed by atoms with E-state index in [0.29, 0.717) is 42.8 Å². The van der Waals surface area contributed by atoms with Crippen LogP contribution in [-0.4, -0.2) is 32.1 Å². The molecule has 132 valence electrons. The first kappa shape index (κ1) is 17.6. The van der Waals surface area contributed by atoms with Crippen LogP contribution in [-0.2, 0) is 16.0 Å². The number of ether oxygens (including phenoxy) is 1. The summed E-state index contributed by atoms with van der Waals surface area (Å²) in [6.07, 6.45) is 1.09. The quantitative estimate of drug-likeness (QED) is 0.900. The number of hydrogen-bond donors (Lipinski definition) is 1. The Morgan fingerprint density at radius 3 is 2.88 bits per heavy atom. The molecule has 1 N–H and O–H groups in total. The molecule has 0 unspecified atom stereocenters. The number of nitrogens with zero attached hydrogens (tertiary/aromatic N) is 2. The third-order valence-corrected chi connectivity index (χ3v) is 4.31. The van der Waals surface area contributed by atoms with Gasteiger partial charge in [-0.25, -0.2) is 0 Å². The highest BCUT2D eigenvalue weighted by molar-refractivity contribution is 6.05. The van der Waals surface area contributed by atoms with E-state index in [4.69, 9.17) is 10.00 Å². The second-order valence-electron chi connectivity index (χ2n) is 6.03. The third-order valence-electron chi connectivity index (χ3n) is 4.31. The molecule has 0 radical (unpaired) electrons. The number of anilines is 2. The average Bonchev–Trinajstić information content (AvgIpc) is 2.67. The standard InChI is InChI=1S/C20H19N3O3/c1-26-10-9-23-18-7-6-17(12-15(18)5-8-19(23)24)22-20(25)16-4-2-3-14(11-16)13-21/h2-4,6-7,11-12H,5,8-10H2,1H3,(H,22,25). The summed E-state index contributed by atoms with van der Waals surface area (Å²) in [5.74, 6) is -0.190. The lowest BCUT2D eigenvalue weighted by molar-refractivity contribution is -0.119. The number of fused-ring (bicyclic) bond motifs is 1. The van der Waals surface area contributed by atoms with Crippen molar-refractivity contribution in [1.82, 2.24) is 0 Å². The van der Waals surface area contributed by atoms with Crippen LogP contribution in [0.4, 0.5) is 11.4 Å². The van der Waals surface area contributed by atoms with Gasteiger partial charge in [0.1, 0.15) is 0 Å². The monoisotopic (exact) mass is 349 g/mol. The Kier molecular flexibility index (Phi) is 5.30. The average molecular weight is 349 g/mol. The molecule has 2 aromatic rings. The van der Waals surface area contributed by atoms with Crippen LogP contribution in [0.15, 0.2) is 42.5 Å². The van der Waals surface area contributed by atoms with Gasteiger partial charge in [0.05, 0.1) is 18.2 Å². The Balaban J connectivity index is 1.79. The first-order valence-corrected chi connectivity index (χ1v) is 8.36. The van der Waals surface area contributed by atoms with Crippen LogP contribution in [0.1, 0.15) is 27.9 Å². The summed E-state index contributed by atoms with van der Waals surface area (Å²) >= 11 is 0. The number of aryl methyl sites for hydroxylation is 1. The van der Waals surface area contributed by atoms with Gasteiger partial charge in [-0.15, -0.1) is 0 Å². The minimum Gasteiger partial charge on any atom is -0.383 e. The SMILES string of the molecule is COCCN1C(=O)CCc2cc(NC(=O)c3cccc(C#N)c3)ccc21. The maximum Gasteiger partial charge on any atom is 0.255 e. The zero-order valence-corrected chi connectivity index (χ0v) is 14.5. The van der Waals surface area contributed by atoms with Gasteiger partial charge in [-0.3, -0.25) is 9.59 Å². The molecule has 6 nitrogen and oxygen atoms in total. The number of nitrogens with one attached hydrogen (secondary N) is 1. The highest BCUT2D eigenvalue weighted by atomic mass is 16.5. The highest BCUT2D eigenvalue weighted by Gasteiger charge is 2.24. The molecular weight excluding hydrogens is 330 g/mol. The lowest BCUT2D eigenvalue weighted by Gasteiger charge is -2.29. The van der Waals surface area contributed by atoms with Crippen molar-refractivity contribution in [3.8, 4) is 6.07 Å². The minimum absolute atomic E-state index is 0.0830. The minimum atomic E-state index is -0.273. The fourth-order valence-corrected chi connectivity index (χ4v) is 3.00. The van der Waals surface area contributed by atoms with Crippen molar-refractivity contribution in [3.63, 3.8) is 0 Å². The normalized spacial score (nSPS) is 13.1. The van der Waals surface area contributed by atoms with E-state index in [1.807, 2.05) is 18.2 Å². The van der Waals surface area contributed by atoms with Crippen LogP contribution in [0.5, 0.6) is 0 Å². The van der Waals surface area contributed by atoms with E-state index in [-0.39, 0.29) is 11.8 Å². The van der Waals surface area contributed by atoms with E-state index in [9.17, 15) is 9.59 Å². The molecule has 0 spiro atoms. The predicted octanol–water partition coefficient (Wildman–Crippen LogP) is 2.74. The summed E-state index contributed by atoms with van der Waals surface area (Å²) in [7, 11) is 1.61. The smallest absolute Gasteiger partial charge is 0.255 e. The maximum atomic E-state index is 12.4. The third kappa shape index (κ3) is 3.73. The highest BCUT2D eigenvalue weighted by Crippen LogP contribution is 2.30. The Hall–Kier alpha value is -3.17. The van der Waals surface area contributed by atoms with Crippen molar-refractivity contribution >= 4 is 23.2 Å². The van der Waals surface area contributed by atoms with Gasteiger partial charge < -0.3 is 15.0 Å². The van der Waals surface area contributed by atoms with Crippen LogP contribution < -0.4 is 10.2 Å². The second-order valence-corrected chi connectivity index (χ2v) is 6.03.